The van der Waals surface area contributed by atoms with Gasteiger partial charge in [0, 0.05) is 67.2 Å². The van der Waals surface area contributed by atoms with Crippen LogP contribution in [-0.4, -0.2) is 61.9 Å². The van der Waals surface area contributed by atoms with Crippen molar-refractivity contribution in [2.75, 3.05) is 56.2 Å². The quantitative estimate of drug-likeness (QED) is 0.394. The number of nitrogens with zero attached hydrogens (tertiary/aromatic N) is 2. The van der Waals surface area contributed by atoms with Crippen molar-refractivity contribution >= 4 is 11.4 Å². The maximum atomic E-state index is 12.6. The molecule has 1 aromatic heterocycles. The molecular formula is C30H36N4O3. The first kappa shape index (κ1) is 24.1. The van der Waals surface area contributed by atoms with Crippen molar-refractivity contribution < 1.29 is 9.47 Å². The molecule has 6 rings (SSSR count). The molecule has 37 heavy (non-hydrogen) atoms. The highest BCUT2D eigenvalue weighted by molar-refractivity contribution is 5.74. The molecule has 2 fully saturated rings. The van der Waals surface area contributed by atoms with E-state index < -0.39 is 0 Å². The molecule has 0 amide bonds. The molecule has 0 bridgehead atoms. The van der Waals surface area contributed by atoms with Crippen LogP contribution in [0.4, 0.5) is 11.4 Å². The van der Waals surface area contributed by atoms with Gasteiger partial charge in [0.2, 0.25) is 5.56 Å². The number of likely N-dealkylation sites (tertiary alicyclic amines) is 1. The lowest BCUT2D eigenvalue weighted by atomic mass is 9.96. The van der Waals surface area contributed by atoms with E-state index in [2.05, 4.69) is 63.4 Å². The van der Waals surface area contributed by atoms with E-state index in [4.69, 9.17) is 9.47 Å². The molecule has 0 atom stereocenters. The van der Waals surface area contributed by atoms with Gasteiger partial charge in [0.1, 0.15) is 11.5 Å². The summed E-state index contributed by atoms with van der Waals surface area (Å²) in [7, 11) is 0. The van der Waals surface area contributed by atoms with Crippen LogP contribution >= 0.6 is 0 Å². The third-order valence-electron chi connectivity index (χ3n) is 7.74. The number of para-hydroxylation sites is 1. The highest BCUT2D eigenvalue weighted by Crippen LogP contribution is 2.43. The van der Waals surface area contributed by atoms with Crippen molar-refractivity contribution in [2.45, 2.75) is 38.6 Å². The molecule has 0 saturated carbocycles. The van der Waals surface area contributed by atoms with Gasteiger partial charge in [0.05, 0.1) is 18.9 Å². The second kappa shape index (κ2) is 10.6. The fraction of sp³-hybridized carbons (Fsp3) is 0.433. The molecule has 7 heteroatoms. The number of rotatable bonds is 6. The van der Waals surface area contributed by atoms with Crippen LogP contribution in [0.5, 0.6) is 11.5 Å². The third-order valence-corrected chi connectivity index (χ3v) is 7.74. The minimum atomic E-state index is -0.107. The predicted molar refractivity (Wildman–Crippen MR) is 148 cm³/mol. The van der Waals surface area contributed by atoms with Crippen LogP contribution in [0.25, 0.3) is 11.3 Å². The Morgan fingerprint density at radius 1 is 1.00 bits per heavy atom. The molecule has 0 unspecified atom stereocenters. The van der Waals surface area contributed by atoms with E-state index in [9.17, 15) is 4.79 Å². The standard InChI is InChI=1S/C30H36N4O3/c1-2-10-33-11-8-23(9-12-33)31-24-6-7-28-22(18-24)17-21-4-3-5-26(30(21)37-28)27-19-25(20-29(35)32-27)34-13-15-36-16-14-34/h3-7,18-20,23,31H,2,8-17H2,1H3,(H,32,35). The van der Waals surface area contributed by atoms with Crippen LogP contribution in [-0.2, 0) is 11.2 Å². The summed E-state index contributed by atoms with van der Waals surface area (Å²) in [6.07, 6.45) is 4.39. The van der Waals surface area contributed by atoms with Crippen molar-refractivity contribution in [3.05, 3.63) is 70.0 Å². The van der Waals surface area contributed by atoms with Crippen LogP contribution < -0.4 is 20.5 Å². The Hall–Kier alpha value is -3.29. The minimum Gasteiger partial charge on any atom is -0.456 e. The highest BCUT2D eigenvalue weighted by atomic mass is 16.5. The van der Waals surface area contributed by atoms with E-state index in [0.29, 0.717) is 19.3 Å². The number of anilines is 2. The molecule has 194 valence electrons. The van der Waals surface area contributed by atoms with Gasteiger partial charge in [-0.1, -0.05) is 19.1 Å². The van der Waals surface area contributed by atoms with Gasteiger partial charge in [-0.2, -0.15) is 0 Å². The average Bonchev–Trinajstić information content (AvgIpc) is 2.93. The van der Waals surface area contributed by atoms with Gasteiger partial charge in [0.15, 0.2) is 0 Å². The lowest BCUT2D eigenvalue weighted by Gasteiger charge is -2.33. The summed E-state index contributed by atoms with van der Waals surface area (Å²) in [6.45, 7) is 8.73. The van der Waals surface area contributed by atoms with Gasteiger partial charge in [0.25, 0.3) is 0 Å². The second-order valence-electron chi connectivity index (χ2n) is 10.4. The zero-order valence-corrected chi connectivity index (χ0v) is 21.6. The van der Waals surface area contributed by atoms with Gasteiger partial charge in [-0.15, -0.1) is 0 Å². The lowest BCUT2D eigenvalue weighted by Crippen LogP contribution is -2.39. The molecule has 0 aliphatic carbocycles. The largest absolute Gasteiger partial charge is 0.456 e. The molecule has 0 radical (unpaired) electrons. The summed E-state index contributed by atoms with van der Waals surface area (Å²) in [5.41, 5.74) is 5.99. The third kappa shape index (κ3) is 5.24. The zero-order chi connectivity index (χ0) is 25.2. The summed E-state index contributed by atoms with van der Waals surface area (Å²) in [4.78, 5) is 20.4. The summed E-state index contributed by atoms with van der Waals surface area (Å²) < 4.78 is 12.0. The number of hydrogen-bond acceptors (Lipinski definition) is 6. The van der Waals surface area contributed by atoms with Gasteiger partial charge < -0.3 is 29.6 Å². The molecule has 0 spiro atoms. The smallest absolute Gasteiger partial charge is 0.250 e. The molecule has 2 N–H and O–H groups in total. The van der Waals surface area contributed by atoms with Crippen LogP contribution in [0.15, 0.2) is 53.3 Å². The molecule has 3 aliphatic heterocycles. The summed E-state index contributed by atoms with van der Waals surface area (Å²) in [6, 6.07) is 16.9. The van der Waals surface area contributed by atoms with Gasteiger partial charge >= 0.3 is 0 Å². The van der Waals surface area contributed by atoms with Crippen molar-refractivity contribution in [3.8, 4) is 22.8 Å². The normalized spacial score (nSPS) is 18.1. The van der Waals surface area contributed by atoms with E-state index in [-0.39, 0.29) is 5.56 Å². The summed E-state index contributed by atoms with van der Waals surface area (Å²) >= 11 is 0. The highest BCUT2D eigenvalue weighted by Gasteiger charge is 2.23. The van der Waals surface area contributed by atoms with Crippen LogP contribution in [0, 0.1) is 0 Å². The molecule has 4 heterocycles. The topological polar surface area (TPSA) is 69.8 Å². The first-order chi connectivity index (χ1) is 18.2. The van der Waals surface area contributed by atoms with E-state index in [1.54, 1.807) is 6.07 Å². The Balaban J connectivity index is 1.21. The van der Waals surface area contributed by atoms with Crippen molar-refractivity contribution in [1.29, 1.82) is 0 Å². The van der Waals surface area contributed by atoms with Gasteiger partial charge in [-0.05, 0) is 61.7 Å². The molecular weight excluding hydrogens is 464 g/mol. The molecule has 2 saturated heterocycles. The fourth-order valence-corrected chi connectivity index (χ4v) is 5.81. The Bertz CT molecular complexity index is 1310. The molecule has 3 aliphatic rings. The summed E-state index contributed by atoms with van der Waals surface area (Å²) in [5.74, 6) is 1.71. The van der Waals surface area contributed by atoms with Crippen LogP contribution in [0.3, 0.4) is 0 Å². The number of fused-ring (bicyclic) bond motifs is 2. The number of piperidine rings is 1. The Labute approximate surface area is 218 Å². The number of hydrogen-bond donors (Lipinski definition) is 2. The number of morpholine rings is 1. The predicted octanol–water partition coefficient (Wildman–Crippen LogP) is 4.86. The van der Waals surface area contributed by atoms with E-state index in [1.165, 1.54) is 50.1 Å². The number of nitrogens with one attached hydrogen (secondary N) is 2. The Morgan fingerprint density at radius 3 is 2.65 bits per heavy atom. The number of aromatic nitrogens is 1. The molecule has 7 nitrogen and oxygen atoms in total. The van der Waals surface area contributed by atoms with E-state index in [0.717, 1.165) is 53.5 Å². The lowest BCUT2D eigenvalue weighted by molar-refractivity contribution is 0.122. The van der Waals surface area contributed by atoms with Gasteiger partial charge in [-0.25, -0.2) is 0 Å². The number of benzene rings is 2. The second-order valence-corrected chi connectivity index (χ2v) is 10.4. The number of pyridine rings is 1. The maximum Gasteiger partial charge on any atom is 0.250 e. The Morgan fingerprint density at radius 2 is 1.84 bits per heavy atom. The molecule has 2 aromatic carbocycles. The maximum absolute atomic E-state index is 12.6. The van der Waals surface area contributed by atoms with Crippen molar-refractivity contribution in [2.24, 2.45) is 0 Å². The SMILES string of the molecule is CCCN1CCC(Nc2ccc3c(c2)Cc2cccc(-c4cc(N5CCOCC5)cc(=O)[nH]4)c2O3)CC1. The number of aromatic amines is 1. The minimum absolute atomic E-state index is 0.107. The van der Waals surface area contributed by atoms with E-state index >= 15 is 0 Å². The van der Waals surface area contributed by atoms with Gasteiger partial charge in [-0.3, -0.25) is 4.79 Å². The Kier molecular flexibility index (Phi) is 6.89. The monoisotopic (exact) mass is 500 g/mol. The van der Waals surface area contributed by atoms with E-state index in [1.807, 2.05) is 6.07 Å². The first-order valence-electron chi connectivity index (χ1n) is 13.7. The average molecular weight is 501 g/mol. The van der Waals surface area contributed by atoms with Crippen LogP contribution in [0.2, 0.25) is 0 Å². The zero-order valence-electron chi connectivity index (χ0n) is 21.6. The van der Waals surface area contributed by atoms with Crippen LogP contribution in [0.1, 0.15) is 37.3 Å². The first-order valence-corrected chi connectivity index (χ1v) is 13.7. The number of H-pyrrole nitrogens is 1. The number of ether oxygens (including phenoxy) is 2. The summed E-state index contributed by atoms with van der Waals surface area (Å²) in [5, 5.41) is 3.76. The fourth-order valence-electron chi connectivity index (χ4n) is 5.81. The van der Waals surface area contributed by atoms with Crippen molar-refractivity contribution in [1.82, 2.24) is 9.88 Å². The van der Waals surface area contributed by atoms with Crippen molar-refractivity contribution in [3.63, 3.8) is 0 Å². The molecule has 3 aromatic rings.